The number of Topliss-reactive ketones (excluding diaryl/α,β-unsaturated/α-hetero) is 1. The van der Waals surface area contributed by atoms with Crippen LogP contribution in [-0.4, -0.2) is 19.0 Å². The van der Waals surface area contributed by atoms with E-state index in [1.807, 2.05) is 6.92 Å². The number of ether oxygens (including phenoxy) is 2. The van der Waals surface area contributed by atoms with Gasteiger partial charge >= 0.3 is 13.2 Å². The van der Waals surface area contributed by atoms with E-state index in [0.29, 0.717) is 35.1 Å². The highest BCUT2D eigenvalue weighted by molar-refractivity contribution is 6.14. The van der Waals surface area contributed by atoms with Gasteiger partial charge in [-0.25, -0.2) is 0 Å². The van der Waals surface area contributed by atoms with Crippen LogP contribution < -0.4 is 9.47 Å². The number of carbonyl (C=O) groups is 1. The zero-order valence-electron chi connectivity index (χ0n) is 16.2. The first-order chi connectivity index (χ1) is 14.3. The Morgan fingerprint density at radius 1 is 0.800 bits per heavy atom. The predicted molar refractivity (Wildman–Crippen MR) is 106 cm³/mol. The molecule has 7 heteroatoms. The molecule has 1 aliphatic carbocycles. The fourth-order valence-corrected chi connectivity index (χ4v) is 3.45. The molecule has 30 heavy (non-hydrogen) atoms. The van der Waals surface area contributed by atoms with E-state index < -0.39 is 13.2 Å². The van der Waals surface area contributed by atoms with Crippen LogP contribution in [0, 0.1) is 5.92 Å². The SMILES string of the molecule is CC1CC(=Cc2ccccc2OC(F)F)C(=O)C(=Cc2ccccc2OC(F)F)C1. The van der Waals surface area contributed by atoms with Crippen molar-refractivity contribution in [1.82, 2.24) is 0 Å². The highest BCUT2D eigenvalue weighted by atomic mass is 19.3. The van der Waals surface area contributed by atoms with Crippen molar-refractivity contribution in [3.63, 3.8) is 0 Å². The van der Waals surface area contributed by atoms with Crippen LogP contribution >= 0.6 is 0 Å². The summed E-state index contributed by atoms with van der Waals surface area (Å²) in [4.78, 5) is 13.0. The third-order valence-corrected chi connectivity index (χ3v) is 4.65. The number of alkyl halides is 4. The lowest BCUT2D eigenvalue weighted by atomic mass is 9.80. The Morgan fingerprint density at radius 3 is 1.60 bits per heavy atom. The monoisotopic (exact) mass is 420 g/mol. The first-order valence-electron chi connectivity index (χ1n) is 9.37. The van der Waals surface area contributed by atoms with E-state index >= 15 is 0 Å². The van der Waals surface area contributed by atoms with Crippen molar-refractivity contribution in [2.75, 3.05) is 0 Å². The summed E-state index contributed by atoms with van der Waals surface area (Å²) in [6, 6.07) is 12.5. The second-order valence-electron chi connectivity index (χ2n) is 7.01. The number of halogens is 4. The van der Waals surface area contributed by atoms with Gasteiger partial charge in [-0.3, -0.25) is 4.79 Å². The number of rotatable bonds is 6. The van der Waals surface area contributed by atoms with Crippen LogP contribution in [0.25, 0.3) is 12.2 Å². The average Bonchev–Trinajstić information content (AvgIpc) is 2.67. The van der Waals surface area contributed by atoms with Gasteiger partial charge in [0.15, 0.2) is 5.78 Å². The van der Waals surface area contributed by atoms with Gasteiger partial charge in [0.25, 0.3) is 0 Å². The second-order valence-corrected chi connectivity index (χ2v) is 7.01. The average molecular weight is 420 g/mol. The molecule has 0 unspecified atom stereocenters. The molecule has 0 radical (unpaired) electrons. The largest absolute Gasteiger partial charge is 0.434 e. The Bertz CT molecular complexity index is 891. The molecule has 3 rings (SSSR count). The van der Waals surface area contributed by atoms with Gasteiger partial charge in [-0.15, -0.1) is 0 Å². The molecular weight excluding hydrogens is 400 g/mol. The summed E-state index contributed by atoms with van der Waals surface area (Å²) in [6.45, 7) is -4.00. The van der Waals surface area contributed by atoms with Gasteiger partial charge in [0.05, 0.1) is 0 Å². The van der Waals surface area contributed by atoms with Gasteiger partial charge in [-0.05, 0) is 43.0 Å². The minimum absolute atomic E-state index is 0.0211. The zero-order chi connectivity index (χ0) is 21.7. The highest BCUT2D eigenvalue weighted by Gasteiger charge is 2.26. The van der Waals surface area contributed by atoms with Crippen molar-refractivity contribution < 1.29 is 31.8 Å². The lowest BCUT2D eigenvalue weighted by Gasteiger charge is -2.23. The van der Waals surface area contributed by atoms with Crippen molar-refractivity contribution in [3.05, 3.63) is 70.8 Å². The van der Waals surface area contributed by atoms with E-state index in [9.17, 15) is 22.4 Å². The fourth-order valence-electron chi connectivity index (χ4n) is 3.45. The number of hydrogen-bond donors (Lipinski definition) is 0. The van der Waals surface area contributed by atoms with Crippen molar-refractivity contribution in [2.45, 2.75) is 33.0 Å². The molecule has 0 amide bonds. The summed E-state index contributed by atoms with van der Waals surface area (Å²) in [5.74, 6) is -0.196. The number of allylic oxidation sites excluding steroid dienone is 2. The zero-order valence-corrected chi connectivity index (χ0v) is 16.2. The molecule has 0 N–H and O–H groups in total. The van der Waals surface area contributed by atoms with Crippen LogP contribution in [0.5, 0.6) is 11.5 Å². The summed E-state index contributed by atoms with van der Waals surface area (Å²) in [5, 5.41) is 0. The van der Waals surface area contributed by atoms with Crippen molar-refractivity contribution in [2.24, 2.45) is 5.92 Å². The second kappa shape index (κ2) is 9.61. The van der Waals surface area contributed by atoms with E-state index in [1.54, 1.807) is 48.6 Å². The van der Waals surface area contributed by atoms with Crippen LogP contribution in [0.4, 0.5) is 17.6 Å². The van der Waals surface area contributed by atoms with Crippen LogP contribution in [0.1, 0.15) is 30.9 Å². The van der Waals surface area contributed by atoms with Crippen molar-refractivity contribution >= 4 is 17.9 Å². The normalized spacial score (nSPS) is 19.7. The van der Waals surface area contributed by atoms with E-state index in [0.717, 1.165) is 0 Å². The number of ketones is 1. The standard InChI is InChI=1S/C23H20F4O3/c1-14-10-17(12-15-6-2-4-8-19(15)29-22(24)25)21(28)18(11-14)13-16-7-3-5-9-20(16)30-23(26)27/h2-9,12-14,22-23H,10-11H2,1H3. The smallest absolute Gasteiger partial charge is 0.387 e. The number of hydrogen-bond acceptors (Lipinski definition) is 3. The van der Waals surface area contributed by atoms with Crippen LogP contribution in [0.15, 0.2) is 59.7 Å². The van der Waals surface area contributed by atoms with Gasteiger partial charge in [-0.1, -0.05) is 43.3 Å². The van der Waals surface area contributed by atoms with Crippen LogP contribution in [-0.2, 0) is 4.79 Å². The molecule has 0 spiro atoms. The molecule has 0 saturated heterocycles. The summed E-state index contributed by atoms with van der Waals surface area (Å²) in [6.07, 6.45) is 4.03. The topological polar surface area (TPSA) is 35.5 Å². The maximum atomic E-state index is 13.0. The molecule has 1 aliphatic rings. The lowest BCUT2D eigenvalue weighted by molar-refractivity contribution is -0.113. The number of carbonyl (C=O) groups excluding carboxylic acids is 1. The third kappa shape index (κ3) is 5.49. The first-order valence-corrected chi connectivity index (χ1v) is 9.37. The van der Waals surface area contributed by atoms with Crippen LogP contribution in [0.2, 0.25) is 0 Å². The van der Waals surface area contributed by atoms with E-state index in [2.05, 4.69) is 9.47 Å². The summed E-state index contributed by atoms with van der Waals surface area (Å²) < 4.78 is 59.7. The minimum atomic E-state index is -2.98. The van der Waals surface area contributed by atoms with Gasteiger partial charge in [0.1, 0.15) is 11.5 Å². The Balaban J connectivity index is 1.95. The molecule has 0 atom stereocenters. The van der Waals surface area contributed by atoms with Gasteiger partial charge in [0.2, 0.25) is 0 Å². The van der Waals surface area contributed by atoms with Gasteiger partial charge in [0, 0.05) is 22.3 Å². The number of benzene rings is 2. The number of para-hydroxylation sites is 2. The van der Waals surface area contributed by atoms with E-state index in [1.165, 1.54) is 12.1 Å². The summed E-state index contributed by atoms with van der Waals surface area (Å²) in [7, 11) is 0. The first kappa shape index (κ1) is 21.6. The quantitative estimate of drug-likeness (QED) is 0.403. The van der Waals surface area contributed by atoms with E-state index in [-0.39, 0.29) is 23.2 Å². The molecule has 2 aromatic rings. The molecule has 1 saturated carbocycles. The molecule has 1 fully saturated rings. The highest BCUT2D eigenvalue weighted by Crippen LogP contribution is 2.35. The maximum Gasteiger partial charge on any atom is 0.387 e. The third-order valence-electron chi connectivity index (χ3n) is 4.65. The minimum Gasteiger partial charge on any atom is -0.434 e. The molecule has 2 aromatic carbocycles. The fraction of sp³-hybridized carbons (Fsp3) is 0.261. The van der Waals surface area contributed by atoms with Crippen LogP contribution in [0.3, 0.4) is 0 Å². The molecule has 0 bridgehead atoms. The molecule has 0 aromatic heterocycles. The predicted octanol–water partition coefficient (Wildman–Crippen LogP) is 6.36. The summed E-state index contributed by atoms with van der Waals surface area (Å²) >= 11 is 0. The molecular formula is C23H20F4O3. The maximum absolute atomic E-state index is 13.0. The molecule has 158 valence electrons. The van der Waals surface area contributed by atoms with Crippen molar-refractivity contribution in [3.8, 4) is 11.5 Å². The van der Waals surface area contributed by atoms with Crippen molar-refractivity contribution in [1.29, 1.82) is 0 Å². The van der Waals surface area contributed by atoms with Gasteiger partial charge in [-0.2, -0.15) is 17.6 Å². The lowest BCUT2D eigenvalue weighted by Crippen LogP contribution is -2.18. The van der Waals surface area contributed by atoms with E-state index in [4.69, 9.17) is 0 Å². The molecule has 0 aliphatic heterocycles. The Labute approximate surface area is 171 Å². The van der Waals surface area contributed by atoms with Gasteiger partial charge < -0.3 is 9.47 Å². The molecule has 0 heterocycles. The molecule has 3 nitrogen and oxygen atoms in total. The Morgan fingerprint density at radius 2 is 1.20 bits per heavy atom. The summed E-state index contributed by atoms with van der Waals surface area (Å²) in [5.41, 5.74) is 1.63. The Kier molecular flexibility index (Phi) is 6.92. The Hall–Kier alpha value is -3.09.